The minimum atomic E-state index is -3.51. The summed E-state index contributed by atoms with van der Waals surface area (Å²) in [6, 6.07) is 7.30. The van der Waals surface area contributed by atoms with E-state index in [1.807, 2.05) is 25.1 Å². The van der Waals surface area contributed by atoms with Crippen LogP contribution in [0, 0.1) is 0 Å². The molecule has 1 fully saturated rings. The molecule has 2 atom stereocenters. The zero-order chi connectivity index (χ0) is 15.7. The second kappa shape index (κ2) is 5.95. The van der Waals surface area contributed by atoms with E-state index in [4.69, 9.17) is 9.47 Å². The van der Waals surface area contributed by atoms with Gasteiger partial charge in [-0.25, -0.2) is 8.42 Å². The summed E-state index contributed by atoms with van der Waals surface area (Å²) in [5.41, 5.74) is 1.27. The van der Waals surface area contributed by atoms with Gasteiger partial charge >= 0.3 is 0 Å². The van der Waals surface area contributed by atoms with Gasteiger partial charge in [-0.3, -0.25) is 4.98 Å². The van der Waals surface area contributed by atoms with E-state index in [0.29, 0.717) is 34.4 Å². The maximum atomic E-state index is 13.2. The molecule has 0 amide bonds. The van der Waals surface area contributed by atoms with Gasteiger partial charge in [0.05, 0.1) is 28.4 Å². The van der Waals surface area contributed by atoms with Crippen LogP contribution in [0.3, 0.4) is 0 Å². The average molecular weight is 321 g/mol. The molecule has 2 unspecified atom stereocenters. The molecule has 0 radical (unpaired) electrons. The highest BCUT2D eigenvalue weighted by molar-refractivity contribution is 7.92. The Morgan fingerprint density at radius 2 is 2.14 bits per heavy atom. The summed E-state index contributed by atoms with van der Waals surface area (Å²) in [5, 5.41) is 0.130. The highest BCUT2D eigenvalue weighted by Gasteiger charge is 2.39. The first-order valence-electron chi connectivity index (χ1n) is 7.26. The SMILES string of the molecule is COCc1cnc2ccccc2c1S(=O)(=O)C1CCOC1C. The molecule has 0 saturated carbocycles. The van der Waals surface area contributed by atoms with Crippen LogP contribution in [-0.2, 0) is 25.9 Å². The minimum absolute atomic E-state index is 0.217. The van der Waals surface area contributed by atoms with Gasteiger partial charge in [-0.1, -0.05) is 18.2 Å². The smallest absolute Gasteiger partial charge is 0.184 e. The number of fused-ring (bicyclic) bond motifs is 1. The number of hydrogen-bond donors (Lipinski definition) is 0. The molecule has 1 saturated heterocycles. The van der Waals surface area contributed by atoms with Crippen molar-refractivity contribution in [3.63, 3.8) is 0 Å². The first-order valence-corrected chi connectivity index (χ1v) is 8.81. The van der Waals surface area contributed by atoms with Gasteiger partial charge in [0, 0.05) is 30.9 Å². The summed E-state index contributed by atoms with van der Waals surface area (Å²) < 4.78 is 37.0. The maximum Gasteiger partial charge on any atom is 0.184 e. The molecule has 0 spiro atoms. The fourth-order valence-electron chi connectivity index (χ4n) is 3.02. The Bertz CT molecular complexity index is 788. The molecule has 1 aromatic carbocycles. The molecule has 2 aromatic rings. The number of benzene rings is 1. The number of para-hydroxylation sites is 1. The Balaban J connectivity index is 2.25. The third kappa shape index (κ3) is 2.51. The van der Waals surface area contributed by atoms with E-state index >= 15 is 0 Å². The molecule has 1 aliphatic rings. The highest BCUT2D eigenvalue weighted by Crippen LogP contribution is 2.33. The third-order valence-corrected chi connectivity index (χ3v) is 6.56. The Hall–Kier alpha value is -1.50. The van der Waals surface area contributed by atoms with E-state index < -0.39 is 15.1 Å². The van der Waals surface area contributed by atoms with Crippen molar-refractivity contribution in [2.45, 2.75) is 36.2 Å². The summed E-state index contributed by atoms with van der Waals surface area (Å²) >= 11 is 0. The predicted molar refractivity (Wildman–Crippen MR) is 83.5 cm³/mol. The lowest BCUT2D eigenvalue weighted by atomic mass is 10.1. The standard InChI is InChI=1S/C16H19NO4S/c1-11-15(7-8-21-11)22(18,19)16-12(10-20-2)9-17-14-6-4-3-5-13(14)16/h3-6,9,11,15H,7-8,10H2,1-2H3. The van der Waals surface area contributed by atoms with E-state index in [1.54, 1.807) is 19.4 Å². The van der Waals surface area contributed by atoms with Gasteiger partial charge < -0.3 is 9.47 Å². The van der Waals surface area contributed by atoms with Crippen LogP contribution in [0.5, 0.6) is 0 Å². The van der Waals surface area contributed by atoms with Crippen molar-refractivity contribution < 1.29 is 17.9 Å². The lowest BCUT2D eigenvalue weighted by Gasteiger charge is -2.19. The Labute approximate surface area is 130 Å². The Morgan fingerprint density at radius 1 is 1.36 bits per heavy atom. The van der Waals surface area contributed by atoms with Crippen LogP contribution in [0.1, 0.15) is 18.9 Å². The zero-order valence-corrected chi connectivity index (χ0v) is 13.5. The molecule has 1 aliphatic heterocycles. The van der Waals surface area contributed by atoms with Crippen molar-refractivity contribution in [2.24, 2.45) is 0 Å². The van der Waals surface area contributed by atoms with Gasteiger partial charge in [-0.15, -0.1) is 0 Å². The molecular formula is C16H19NO4S. The van der Waals surface area contributed by atoms with Gasteiger partial charge in [0.1, 0.15) is 0 Å². The first kappa shape index (κ1) is 15.4. The Kier molecular flexibility index (Phi) is 4.16. The lowest BCUT2D eigenvalue weighted by Crippen LogP contribution is -2.29. The van der Waals surface area contributed by atoms with Crippen LogP contribution in [0.4, 0.5) is 0 Å². The molecule has 22 heavy (non-hydrogen) atoms. The summed E-state index contributed by atoms with van der Waals surface area (Å²) in [7, 11) is -1.96. The molecule has 118 valence electrons. The molecule has 0 N–H and O–H groups in total. The minimum Gasteiger partial charge on any atom is -0.380 e. The molecule has 1 aromatic heterocycles. The average Bonchev–Trinajstić information content (AvgIpc) is 2.94. The van der Waals surface area contributed by atoms with Gasteiger partial charge in [0.2, 0.25) is 0 Å². The molecule has 6 heteroatoms. The van der Waals surface area contributed by atoms with E-state index in [1.165, 1.54) is 0 Å². The fourth-order valence-corrected chi connectivity index (χ4v) is 5.27. The second-order valence-corrected chi connectivity index (χ2v) is 7.61. The number of sulfone groups is 1. The van der Waals surface area contributed by atoms with Gasteiger partial charge in [0.25, 0.3) is 0 Å². The zero-order valence-electron chi connectivity index (χ0n) is 12.7. The third-order valence-electron chi connectivity index (χ3n) is 4.09. The topological polar surface area (TPSA) is 65.5 Å². The Morgan fingerprint density at radius 3 is 2.82 bits per heavy atom. The highest BCUT2D eigenvalue weighted by atomic mass is 32.2. The molecule has 5 nitrogen and oxygen atoms in total. The molecule has 0 bridgehead atoms. The van der Waals surface area contributed by atoms with Crippen molar-refractivity contribution in [2.75, 3.05) is 13.7 Å². The van der Waals surface area contributed by atoms with Crippen LogP contribution in [-0.4, -0.2) is 38.5 Å². The van der Waals surface area contributed by atoms with Crippen LogP contribution in [0.25, 0.3) is 10.9 Å². The van der Waals surface area contributed by atoms with Crippen LogP contribution >= 0.6 is 0 Å². The van der Waals surface area contributed by atoms with Crippen LogP contribution < -0.4 is 0 Å². The fraction of sp³-hybridized carbons (Fsp3) is 0.438. The van der Waals surface area contributed by atoms with Gasteiger partial charge in [0.15, 0.2) is 9.84 Å². The van der Waals surface area contributed by atoms with Crippen LogP contribution in [0.2, 0.25) is 0 Å². The van der Waals surface area contributed by atoms with E-state index in [0.717, 1.165) is 0 Å². The van der Waals surface area contributed by atoms with Crippen molar-refractivity contribution in [1.82, 2.24) is 4.98 Å². The number of pyridine rings is 1. The predicted octanol–water partition coefficient (Wildman–Crippen LogP) is 2.33. The summed E-state index contributed by atoms with van der Waals surface area (Å²) in [6.45, 7) is 2.51. The number of nitrogens with zero attached hydrogens (tertiary/aromatic N) is 1. The normalized spacial score (nSPS) is 22.3. The maximum absolute atomic E-state index is 13.2. The lowest BCUT2D eigenvalue weighted by molar-refractivity contribution is 0.126. The van der Waals surface area contributed by atoms with Crippen molar-refractivity contribution in [1.29, 1.82) is 0 Å². The summed E-state index contributed by atoms with van der Waals surface area (Å²) in [4.78, 5) is 4.68. The summed E-state index contributed by atoms with van der Waals surface area (Å²) in [5.74, 6) is 0. The second-order valence-electron chi connectivity index (χ2n) is 5.51. The van der Waals surface area contributed by atoms with Gasteiger partial charge in [-0.2, -0.15) is 0 Å². The van der Waals surface area contributed by atoms with Crippen molar-refractivity contribution in [3.05, 3.63) is 36.0 Å². The quantitative estimate of drug-likeness (QED) is 0.865. The van der Waals surface area contributed by atoms with E-state index in [2.05, 4.69) is 4.98 Å². The number of aromatic nitrogens is 1. The number of hydrogen-bond acceptors (Lipinski definition) is 5. The molecule has 2 heterocycles. The van der Waals surface area contributed by atoms with E-state index in [9.17, 15) is 8.42 Å². The van der Waals surface area contributed by atoms with E-state index in [-0.39, 0.29) is 12.7 Å². The van der Waals surface area contributed by atoms with Crippen molar-refractivity contribution in [3.8, 4) is 0 Å². The largest absolute Gasteiger partial charge is 0.380 e. The number of methoxy groups -OCH3 is 1. The van der Waals surface area contributed by atoms with Crippen molar-refractivity contribution >= 4 is 20.7 Å². The molecular weight excluding hydrogens is 302 g/mol. The molecule has 0 aliphatic carbocycles. The first-order chi connectivity index (χ1) is 10.6. The van der Waals surface area contributed by atoms with Gasteiger partial charge in [-0.05, 0) is 19.4 Å². The monoisotopic (exact) mass is 321 g/mol. The van der Waals surface area contributed by atoms with Crippen LogP contribution in [0.15, 0.2) is 35.4 Å². The number of rotatable bonds is 4. The number of ether oxygens (including phenoxy) is 2. The summed E-state index contributed by atoms with van der Waals surface area (Å²) in [6.07, 6.45) is 1.82. The molecule has 3 rings (SSSR count).